The van der Waals surface area contributed by atoms with E-state index in [0.717, 1.165) is 5.39 Å². The van der Waals surface area contributed by atoms with Gasteiger partial charge in [-0.15, -0.1) is 12.3 Å². The van der Waals surface area contributed by atoms with Gasteiger partial charge in [-0.3, -0.25) is 4.98 Å². The molecule has 1 atom stereocenters. The van der Waals surface area contributed by atoms with E-state index >= 15 is 0 Å². The van der Waals surface area contributed by atoms with Gasteiger partial charge in [0.15, 0.2) is 0 Å². The van der Waals surface area contributed by atoms with Crippen LogP contribution in [-0.4, -0.2) is 28.1 Å². The number of nitrogens with zero attached hydrogens (tertiary/aromatic N) is 1. The highest BCUT2D eigenvalue weighted by molar-refractivity contribution is 6.00. The Morgan fingerprint density at radius 3 is 2.81 bits per heavy atom. The molecule has 0 saturated heterocycles. The minimum Gasteiger partial charge on any atom is -0.480 e. The van der Waals surface area contributed by atoms with E-state index in [1.165, 1.54) is 0 Å². The summed E-state index contributed by atoms with van der Waals surface area (Å²) in [6.07, 6.45) is 6.60. The van der Waals surface area contributed by atoms with E-state index in [0.29, 0.717) is 11.2 Å². The van der Waals surface area contributed by atoms with Gasteiger partial charge >= 0.3 is 12.0 Å². The normalized spacial score (nSPS) is 11.4. The maximum Gasteiger partial charge on any atom is 0.327 e. The Labute approximate surface area is 121 Å². The first-order valence-corrected chi connectivity index (χ1v) is 6.19. The van der Waals surface area contributed by atoms with E-state index in [-0.39, 0.29) is 6.42 Å². The van der Waals surface area contributed by atoms with Crippen LogP contribution in [0.2, 0.25) is 0 Å². The van der Waals surface area contributed by atoms with Gasteiger partial charge in [-0.1, -0.05) is 18.2 Å². The number of pyridine rings is 1. The lowest BCUT2D eigenvalue weighted by Crippen LogP contribution is -2.42. The fourth-order valence-electron chi connectivity index (χ4n) is 1.84. The van der Waals surface area contributed by atoms with Crippen molar-refractivity contribution in [1.29, 1.82) is 0 Å². The molecule has 2 rings (SSSR count). The number of fused-ring (bicyclic) bond motifs is 1. The highest BCUT2D eigenvalue weighted by atomic mass is 16.4. The molecule has 0 aliphatic carbocycles. The fourth-order valence-corrected chi connectivity index (χ4v) is 1.84. The van der Waals surface area contributed by atoms with Gasteiger partial charge < -0.3 is 15.7 Å². The molecular weight excluding hydrogens is 270 g/mol. The second kappa shape index (κ2) is 6.39. The predicted molar refractivity (Wildman–Crippen MR) is 78.8 cm³/mol. The number of amides is 2. The number of hydrogen-bond donors (Lipinski definition) is 3. The SMILES string of the molecule is C#CCC(NC(=O)Nc1cccc2cccnc12)C(=O)O. The fraction of sp³-hybridized carbons (Fsp3) is 0.133. The number of rotatable bonds is 4. The lowest BCUT2D eigenvalue weighted by Gasteiger charge is -2.13. The number of hydrogen-bond acceptors (Lipinski definition) is 3. The number of carbonyl (C=O) groups is 2. The molecule has 0 saturated carbocycles. The maximum atomic E-state index is 11.9. The first kappa shape index (κ1) is 14.3. The van der Waals surface area contributed by atoms with E-state index in [4.69, 9.17) is 11.5 Å². The molecule has 1 unspecified atom stereocenters. The Morgan fingerprint density at radius 1 is 1.33 bits per heavy atom. The largest absolute Gasteiger partial charge is 0.480 e. The number of para-hydroxylation sites is 1. The number of carboxylic acids is 1. The van der Waals surface area contributed by atoms with Crippen LogP contribution >= 0.6 is 0 Å². The average molecular weight is 283 g/mol. The van der Waals surface area contributed by atoms with Crippen LogP contribution in [0.15, 0.2) is 36.5 Å². The molecular formula is C15H13N3O3. The Hall–Kier alpha value is -3.07. The maximum absolute atomic E-state index is 11.9. The molecule has 1 aromatic heterocycles. The van der Waals surface area contributed by atoms with Crippen molar-refractivity contribution in [3.8, 4) is 12.3 Å². The first-order chi connectivity index (χ1) is 10.1. The molecule has 0 spiro atoms. The van der Waals surface area contributed by atoms with Gasteiger partial charge in [-0.25, -0.2) is 9.59 Å². The molecule has 6 heteroatoms. The summed E-state index contributed by atoms with van der Waals surface area (Å²) in [4.78, 5) is 27.0. The average Bonchev–Trinajstić information content (AvgIpc) is 2.47. The van der Waals surface area contributed by atoms with Crippen molar-refractivity contribution in [2.45, 2.75) is 12.5 Å². The van der Waals surface area contributed by atoms with Gasteiger partial charge in [-0.2, -0.15) is 0 Å². The van der Waals surface area contributed by atoms with Crippen molar-refractivity contribution in [3.63, 3.8) is 0 Å². The molecule has 106 valence electrons. The molecule has 3 N–H and O–H groups in total. The van der Waals surface area contributed by atoms with Crippen LogP contribution in [0.3, 0.4) is 0 Å². The van der Waals surface area contributed by atoms with Crippen LogP contribution in [0.25, 0.3) is 10.9 Å². The Bertz CT molecular complexity index is 716. The van der Waals surface area contributed by atoms with Crippen molar-refractivity contribution in [1.82, 2.24) is 10.3 Å². The van der Waals surface area contributed by atoms with Gasteiger partial charge in [0.25, 0.3) is 0 Å². The highest BCUT2D eigenvalue weighted by Gasteiger charge is 2.19. The third-order valence-electron chi connectivity index (χ3n) is 2.81. The summed E-state index contributed by atoms with van der Waals surface area (Å²) in [5.74, 6) is 1.03. The highest BCUT2D eigenvalue weighted by Crippen LogP contribution is 2.20. The van der Waals surface area contributed by atoms with Crippen molar-refractivity contribution in [3.05, 3.63) is 36.5 Å². The lowest BCUT2D eigenvalue weighted by molar-refractivity contribution is -0.139. The number of anilines is 1. The van der Waals surface area contributed by atoms with Crippen molar-refractivity contribution < 1.29 is 14.7 Å². The van der Waals surface area contributed by atoms with E-state index < -0.39 is 18.0 Å². The first-order valence-electron chi connectivity index (χ1n) is 6.19. The number of benzene rings is 1. The van der Waals surface area contributed by atoms with E-state index in [2.05, 4.69) is 21.5 Å². The minimum absolute atomic E-state index is 0.0868. The molecule has 1 aromatic carbocycles. The van der Waals surface area contributed by atoms with Gasteiger partial charge in [-0.05, 0) is 12.1 Å². The second-order valence-corrected chi connectivity index (χ2v) is 4.28. The molecule has 2 aromatic rings. The van der Waals surface area contributed by atoms with Crippen LogP contribution in [-0.2, 0) is 4.79 Å². The summed E-state index contributed by atoms with van der Waals surface area (Å²) >= 11 is 0. The van der Waals surface area contributed by atoms with Gasteiger partial charge in [0.05, 0.1) is 11.2 Å². The molecule has 6 nitrogen and oxygen atoms in total. The molecule has 2 amide bonds. The number of nitrogens with one attached hydrogen (secondary N) is 2. The quantitative estimate of drug-likeness (QED) is 0.746. The zero-order valence-corrected chi connectivity index (χ0v) is 11.0. The van der Waals surface area contributed by atoms with Crippen LogP contribution in [0.4, 0.5) is 10.5 Å². The van der Waals surface area contributed by atoms with Crippen LogP contribution in [0.5, 0.6) is 0 Å². The molecule has 0 aliphatic heterocycles. The third-order valence-corrected chi connectivity index (χ3v) is 2.81. The number of aromatic nitrogens is 1. The number of urea groups is 1. The topological polar surface area (TPSA) is 91.3 Å². The second-order valence-electron chi connectivity index (χ2n) is 4.28. The van der Waals surface area contributed by atoms with Crippen molar-refractivity contribution in [2.75, 3.05) is 5.32 Å². The number of carbonyl (C=O) groups excluding carboxylic acids is 1. The Balaban J connectivity index is 2.15. The molecule has 1 heterocycles. The summed E-state index contributed by atoms with van der Waals surface area (Å²) < 4.78 is 0. The Kier molecular flexibility index (Phi) is 4.36. The monoisotopic (exact) mass is 283 g/mol. The summed E-state index contributed by atoms with van der Waals surface area (Å²) in [6, 6.07) is 7.21. The zero-order chi connectivity index (χ0) is 15.2. The van der Waals surface area contributed by atoms with Crippen LogP contribution < -0.4 is 10.6 Å². The predicted octanol–water partition coefficient (Wildman–Crippen LogP) is 1.83. The van der Waals surface area contributed by atoms with Gasteiger partial charge in [0, 0.05) is 18.0 Å². The summed E-state index contributed by atoms with van der Waals surface area (Å²) in [7, 11) is 0. The number of terminal acetylenes is 1. The van der Waals surface area contributed by atoms with Crippen LogP contribution in [0, 0.1) is 12.3 Å². The molecule has 0 aliphatic rings. The van der Waals surface area contributed by atoms with E-state index in [1.54, 1.807) is 24.4 Å². The van der Waals surface area contributed by atoms with Gasteiger partial charge in [0.1, 0.15) is 6.04 Å². The molecule has 0 bridgehead atoms. The zero-order valence-electron chi connectivity index (χ0n) is 11.0. The summed E-state index contributed by atoms with van der Waals surface area (Å²) in [6.45, 7) is 0. The number of carboxylic acid groups (broad SMARTS) is 1. The van der Waals surface area contributed by atoms with Crippen molar-refractivity contribution in [2.24, 2.45) is 0 Å². The third kappa shape index (κ3) is 3.48. The molecule has 0 radical (unpaired) electrons. The minimum atomic E-state index is -1.18. The van der Waals surface area contributed by atoms with Crippen molar-refractivity contribution >= 4 is 28.6 Å². The summed E-state index contributed by atoms with van der Waals surface area (Å²) in [5.41, 5.74) is 1.12. The smallest absolute Gasteiger partial charge is 0.327 e. The standard InChI is InChI=1S/C15H13N3O3/c1-2-5-12(14(19)20)18-15(21)17-11-8-3-6-10-7-4-9-16-13(10)11/h1,3-4,6-9,12H,5H2,(H,19,20)(H2,17,18,21). The summed E-state index contributed by atoms with van der Waals surface area (Å²) in [5, 5.41) is 14.7. The van der Waals surface area contributed by atoms with E-state index in [1.807, 2.05) is 12.1 Å². The van der Waals surface area contributed by atoms with E-state index in [9.17, 15) is 9.59 Å². The molecule has 21 heavy (non-hydrogen) atoms. The lowest BCUT2D eigenvalue weighted by atomic mass is 10.2. The van der Waals surface area contributed by atoms with Crippen LogP contribution in [0.1, 0.15) is 6.42 Å². The number of aliphatic carboxylic acids is 1. The Morgan fingerprint density at radius 2 is 2.10 bits per heavy atom. The molecule has 0 fully saturated rings. The van der Waals surface area contributed by atoms with Gasteiger partial charge in [0.2, 0.25) is 0 Å².